The van der Waals surface area contributed by atoms with Gasteiger partial charge < -0.3 is 10.0 Å². The Labute approximate surface area is 124 Å². The Kier molecular flexibility index (Phi) is 5.37. The highest BCUT2D eigenvalue weighted by Gasteiger charge is 2.11. The summed E-state index contributed by atoms with van der Waals surface area (Å²) in [6.45, 7) is 4.34. The second kappa shape index (κ2) is 7.47. The minimum atomic E-state index is -0.749. The predicted octanol–water partition coefficient (Wildman–Crippen LogP) is 2.77. The number of nitrogens with zero attached hydrogens (tertiary/aromatic N) is 3. The van der Waals surface area contributed by atoms with Gasteiger partial charge in [-0.15, -0.1) is 0 Å². The Hall–Kier alpha value is -2.30. The Morgan fingerprint density at radius 2 is 2.05 bits per heavy atom. The molecule has 1 aromatic heterocycles. The first-order valence-corrected chi connectivity index (χ1v) is 7.23. The quantitative estimate of drug-likeness (QED) is 0.811. The minimum absolute atomic E-state index is 0.191. The van der Waals surface area contributed by atoms with Crippen molar-refractivity contribution in [3.63, 3.8) is 0 Å². The standard InChI is InChI=1S/C16H21N3O2/c1-2-19-15(10-11-17-19)13-18(12-6-9-16(20)21)14-7-4-3-5-8-14/h3-5,7-8,10-11H,2,6,9,12-13H2,1H3,(H,20,21). The molecule has 0 aliphatic carbocycles. The number of rotatable bonds is 8. The summed E-state index contributed by atoms with van der Waals surface area (Å²) in [5, 5.41) is 13.1. The number of para-hydroxylation sites is 1. The van der Waals surface area contributed by atoms with Crippen LogP contribution in [0.1, 0.15) is 25.5 Å². The van der Waals surface area contributed by atoms with Gasteiger partial charge in [0.1, 0.15) is 0 Å². The molecule has 0 bridgehead atoms. The summed E-state index contributed by atoms with van der Waals surface area (Å²) in [5.41, 5.74) is 2.24. The molecule has 5 nitrogen and oxygen atoms in total. The van der Waals surface area contributed by atoms with Crippen LogP contribution in [0.25, 0.3) is 0 Å². The van der Waals surface area contributed by atoms with Crippen LogP contribution < -0.4 is 4.90 Å². The van der Waals surface area contributed by atoms with Crippen LogP contribution >= 0.6 is 0 Å². The number of aromatic nitrogens is 2. The fourth-order valence-corrected chi connectivity index (χ4v) is 2.33. The van der Waals surface area contributed by atoms with Gasteiger partial charge >= 0.3 is 5.97 Å². The highest BCUT2D eigenvalue weighted by molar-refractivity contribution is 5.66. The molecule has 0 aliphatic heterocycles. The topological polar surface area (TPSA) is 58.4 Å². The number of hydrogen-bond donors (Lipinski definition) is 1. The number of carboxylic acid groups (broad SMARTS) is 1. The second-order valence-corrected chi connectivity index (χ2v) is 4.89. The number of carbonyl (C=O) groups is 1. The van der Waals surface area contributed by atoms with Crippen LogP contribution in [0.5, 0.6) is 0 Å². The summed E-state index contributed by atoms with van der Waals surface area (Å²) in [7, 11) is 0. The Bertz CT molecular complexity index is 566. The smallest absolute Gasteiger partial charge is 0.303 e. The number of carboxylic acids is 1. The molecule has 112 valence electrons. The van der Waals surface area contributed by atoms with Crippen LogP contribution in [0.3, 0.4) is 0 Å². The van der Waals surface area contributed by atoms with Crippen molar-refractivity contribution in [3.05, 3.63) is 48.3 Å². The molecule has 2 aromatic rings. The van der Waals surface area contributed by atoms with Gasteiger partial charge in [0.15, 0.2) is 0 Å². The number of aryl methyl sites for hydroxylation is 1. The number of anilines is 1. The zero-order valence-corrected chi connectivity index (χ0v) is 12.3. The zero-order chi connectivity index (χ0) is 15.1. The van der Waals surface area contributed by atoms with E-state index in [-0.39, 0.29) is 6.42 Å². The van der Waals surface area contributed by atoms with Gasteiger partial charge in [0, 0.05) is 31.4 Å². The summed E-state index contributed by atoms with van der Waals surface area (Å²) in [6.07, 6.45) is 2.63. The van der Waals surface area contributed by atoms with Crippen molar-refractivity contribution in [1.82, 2.24) is 9.78 Å². The van der Waals surface area contributed by atoms with Gasteiger partial charge in [-0.25, -0.2) is 0 Å². The van der Waals surface area contributed by atoms with Gasteiger partial charge in [0.25, 0.3) is 0 Å². The summed E-state index contributed by atoms with van der Waals surface area (Å²) in [4.78, 5) is 12.9. The highest BCUT2D eigenvalue weighted by atomic mass is 16.4. The third-order valence-corrected chi connectivity index (χ3v) is 3.40. The monoisotopic (exact) mass is 287 g/mol. The third-order valence-electron chi connectivity index (χ3n) is 3.40. The van der Waals surface area contributed by atoms with Gasteiger partial charge in [-0.3, -0.25) is 9.48 Å². The van der Waals surface area contributed by atoms with E-state index in [0.717, 1.165) is 24.5 Å². The van der Waals surface area contributed by atoms with E-state index in [1.807, 2.05) is 41.1 Å². The van der Waals surface area contributed by atoms with E-state index in [0.29, 0.717) is 13.0 Å². The lowest BCUT2D eigenvalue weighted by molar-refractivity contribution is -0.137. The molecule has 5 heteroatoms. The van der Waals surface area contributed by atoms with Crippen molar-refractivity contribution in [2.45, 2.75) is 32.9 Å². The summed E-state index contributed by atoms with van der Waals surface area (Å²) in [6, 6.07) is 12.1. The molecule has 0 spiro atoms. The lowest BCUT2D eigenvalue weighted by Gasteiger charge is -2.25. The fraction of sp³-hybridized carbons (Fsp3) is 0.375. The maximum atomic E-state index is 10.7. The summed E-state index contributed by atoms with van der Waals surface area (Å²) >= 11 is 0. The van der Waals surface area contributed by atoms with E-state index in [1.54, 1.807) is 6.20 Å². The van der Waals surface area contributed by atoms with Gasteiger partial charge in [-0.05, 0) is 31.5 Å². The lowest BCUT2D eigenvalue weighted by atomic mass is 10.2. The zero-order valence-electron chi connectivity index (χ0n) is 12.3. The lowest BCUT2D eigenvalue weighted by Crippen LogP contribution is -2.26. The molecule has 21 heavy (non-hydrogen) atoms. The maximum absolute atomic E-state index is 10.7. The maximum Gasteiger partial charge on any atom is 0.303 e. The molecule has 1 aromatic carbocycles. The van der Waals surface area contributed by atoms with Crippen LogP contribution in [0.2, 0.25) is 0 Å². The molecule has 0 saturated carbocycles. The van der Waals surface area contributed by atoms with Crippen molar-refractivity contribution in [3.8, 4) is 0 Å². The molecular formula is C16H21N3O2. The van der Waals surface area contributed by atoms with Crippen molar-refractivity contribution < 1.29 is 9.90 Å². The second-order valence-electron chi connectivity index (χ2n) is 4.89. The Morgan fingerprint density at radius 3 is 2.71 bits per heavy atom. The van der Waals surface area contributed by atoms with Gasteiger partial charge in [-0.2, -0.15) is 5.10 Å². The molecule has 0 amide bonds. The molecule has 0 aliphatic rings. The average Bonchev–Trinajstić information content (AvgIpc) is 2.94. The van der Waals surface area contributed by atoms with E-state index in [1.165, 1.54) is 0 Å². The van der Waals surface area contributed by atoms with E-state index in [4.69, 9.17) is 5.11 Å². The first-order chi connectivity index (χ1) is 10.2. The number of aliphatic carboxylic acids is 1. The normalized spacial score (nSPS) is 10.5. The van der Waals surface area contributed by atoms with Crippen LogP contribution in [-0.2, 0) is 17.9 Å². The van der Waals surface area contributed by atoms with Crippen molar-refractivity contribution in [2.24, 2.45) is 0 Å². The van der Waals surface area contributed by atoms with Crippen molar-refractivity contribution >= 4 is 11.7 Å². The largest absolute Gasteiger partial charge is 0.481 e. The van der Waals surface area contributed by atoms with E-state index in [9.17, 15) is 4.79 Å². The number of hydrogen-bond acceptors (Lipinski definition) is 3. The fourth-order valence-electron chi connectivity index (χ4n) is 2.33. The third kappa shape index (κ3) is 4.34. The molecule has 0 fully saturated rings. The van der Waals surface area contributed by atoms with Gasteiger partial charge in [0.05, 0.1) is 12.2 Å². The van der Waals surface area contributed by atoms with Crippen LogP contribution in [0.4, 0.5) is 5.69 Å². The summed E-state index contributed by atoms with van der Waals surface area (Å²) < 4.78 is 1.97. The van der Waals surface area contributed by atoms with Crippen LogP contribution in [0, 0.1) is 0 Å². The predicted molar refractivity (Wildman–Crippen MR) is 82.3 cm³/mol. The van der Waals surface area contributed by atoms with E-state index < -0.39 is 5.97 Å². The SMILES string of the molecule is CCn1nccc1CN(CCCC(=O)O)c1ccccc1. The van der Waals surface area contributed by atoms with Crippen LogP contribution in [-0.4, -0.2) is 27.4 Å². The first kappa shape index (κ1) is 15.1. The average molecular weight is 287 g/mol. The Morgan fingerprint density at radius 1 is 1.29 bits per heavy atom. The minimum Gasteiger partial charge on any atom is -0.481 e. The van der Waals surface area contributed by atoms with E-state index >= 15 is 0 Å². The Balaban J connectivity index is 2.10. The molecule has 1 heterocycles. The van der Waals surface area contributed by atoms with E-state index in [2.05, 4.69) is 16.9 Å². The molecule has 1 N–H and O–H groups in total. The molecular weight excluding hydrogens is 266 g/mol. The van der Waals surface area contributed by atoms with Crippen LogP contribution in [0.15, 0.2) is 42.6 Å². The van der Waals surface area contributed by atoms with Crippen molar-refractivity contribution in [2.75, 3.05) is 11.4 Å². The molecule has 0 radical (unpaired) electrons. The molecule has 0 atom stereocenters. The summed E-state index contributed by atoms with van der Waals surface area (Å²) in [5.74, 6) is -0.749. The molecule has 2 rings (SSSR count). The van der Waals surface area contributed by atoms with Crippen molar-refractivity contribution in [1.29, 1.82) is 0 Å². The molecule has 0 saturated heterocycles. The first-order valence-electron chi connectivity index (χ1n) is 7.23. The highest BCUT2D eigenvalue weighted by Crippen LogP contribution is 2.17. The van der Waals surface area contributed by atoms with Gasteiger partial charge in [-0.1, -0.05) is 18.2 Å². The van der Waals surface area contributed by atoms with Gasteiger partial charge in [0.2, 0.25) is 0 Å². The number of benzene rings is 1. The molecule has 0 unspecified atom stereocenters.